The Morgan fingerprint density at radius 1 is 1.37 bits per heavy atom. The lowest BCUT2D eigenvalue weighted by Crippen LogP contribution is -2.42. The summed E-state index contributed by atoms with van der Waals surface area (Å²) in [6.45, 7) is 3.50. The fourth-order valence-electron chi connectivity index (χ4n) is 1.73. The van der Waals surface area contributed by atoms with E-state index < -0.39 is 0 Å². The lowest BCUT2D eigenvalue weighted by atomic mass is 10.4. The predicted molar refractivity (Wildman–Crippen MR) is 93.5 cm³/mol. The third-order valence-corrected chi connectivity index (χ3v) is 3.67. The van der Waals surface area contributed by atoms with E-state index in [4.69, 9.17) is 5.73 Å². The lowest BCUT2D eigenvalue weighted by molar-refractivity contribution is 0.456. The predicted octanol–water partition coefficient (Wildman–Crippen LogP) is 1.47. The zero-order valence-electron chi connectivity index (χ0n) is 10.8. The molecule has 0 unspecified atom stereocenters. The van der Waals surface area contributed by atoms with E-state index in [1.54, 1.807) is 12.4 Å². The van der Waals surface area contributed by atoms with Crippen molar-refractivity contribution in [2.24, 2.45) is 10.7 Å². The van der Waals surface area contributed by atoms with Crippen molar-refractivity contribution in [3.8, 4) is 0 Å². The van der Waals surface area contributed by atoms with Crippen LogP contribution in [0.4, 0.5) is 5.69 Å². The second-order valence-electron chi connectivity index (χ2n) is 4.00. The maximum Gasteiger partial charge on any atom is 0.191 e. The molecule has 0 saturated carbocycles. The molecule has 5 nitrogen and oxygen atoms in total. The zero-order valence-corrected chi connectivity index (χ0v) is 13.9. The van der Waals surface area contributed by atoms with Crippen molar-refractivity contribution in [1.29, 1.82) is 0 Å². The summed E-state index contributed by atoms with van der Waals surface area (Å²) >= 11 is 1.97. The molecule has 19 heavy (non-hydrogen) atoms. The van der Waals surface area contributed by atoms with Gasteiger partial charge in [0, 0.05) is 49.2 Å². The Morgan fingerprint density at radius 3 is 2.74 bits per heavy atom. The first-order valence-electron chi connectivity index (χ1n) is 6.13. The minimum absolute atomic E-state index is 0. The number of hydrogen-bond acceptors (Lipinski definition) is 4. The van der Waals surface area contributed by atoms with Crippen LogP contribution < -0.4 is 11.1 Å². The summed E-state index contributed by atoms with van der Waals surface area (Å²) in [4.78, 5) is 10.5. The van der Waals surface area contributed by atoms with Crippen molar-refractivity contribution in [1.82, 2.24) is 9.88 Å². The van der Waals surface area contributed by atoms with E-state index in [0.29, 0.717) is 12.5 Å². The summed E-state index contributed by atoms with van der Waals surface area (Å²) in [5.74, 6) is 2.96. The Morgan fingerprint density at radius 2 is 2.05 bits per heavy atom. The van der Waals surface area contributed by atoms with E-state index in [2.05, 4.69) is 20.2 Å². The van der Waals surface area contributed by atoms with Crippen LogP contribution >= 0.6 is 35.7 Å². The SMILES string of the molecule is I.NC(=NCCNc1ccncc1)N1CCSCC1. The van der Waals surface area contributed by atoms with Crippen LogP contribution in [0.1, 0.15) is 0 Å². The summed E-state index contributed by atoms with van der Waals surface area (Å²) in [5.41, 5.74) is 7.02. The van der Waals surface area contributed by atoms with Gasteiger partial charge in [0.25, 0.3) is 0 Å². The molecule has 0 radical (unpaired) electrons. The summed E-state index contributed by atoms with van der Waals surface area (Å²) in [6.07, 6.45) is 3.54. The Hall–Kier alpha value is -0.700. The normalized spacial score (nSPS) is 15.8. The van der Waals surface area contributed by atoms with Gasteiger partial charge in [-0.3, -0.25) is 9.98 Å². The van der Waals surface area contributed by atoms with Crippen molar-refractivity contribution in [3.63, 3.8) is 0 Å². The summed E-state index contributed by atoms with van der Waals surface area (Å²) in [6, 6.07) is 3.88. The summed E-state index contributed by atoms with van der Waals surface area (Å²) < 4.78 is 0. The van der Waals surface area contributed by atoms with Gasteiger partial charge in [-0.05, 0) is 12.1 Å². The fraction of sp³-hybridized carbons (Fsp3) is 0.500. The molecule has 106 valence electrons. The molecule has 1 aliphatic heterocycles. The van der Waals surface area contributed by atoms with Crippen molar-refractivity contribution in [2.45, 2.75) is 0 Å². The van der Waals surface area contributed by atoms with Crippen molar-refractivity contribution in [2.75, 3.05) is 43.0 Å². The maximum absolute atomic E-state index is 5.96. The standard InChI is InChI=1S/C12H19N5S.HI/c13-12(17-7-9-18-10-8-17)16-6-5-15-11-1-3-14-4-2-11;/h1-4H,5-10H2,(H2,13,16)(H,14,15);1H. The largest absolute Gasteiger partial charge is 0.383 e. The number of halogens is 1. The molecule has 2 rings (SSSR count). The van der Waals surface area contributed by atoms with Gasteiger partial charge in [0.1, 0.15) is 0 Å². The van der Waals surface area contributed by atoms with Gasteiger partial charge in [-0.15, -0.1) is 24.0 Å². The second-order valence-corrected chi connectivity index (χ2v) is 5.23. The number of aromatic nitrogens is 1. The van der Waals surface area contributed by atoms with Gasteiger partial charge in [-0.2, -0.15) is 11.8 Å². The maximum atomic E-state index is 5.96. The van der Waals surface area contributed by atoms with E-state index in [1.807, 2.05) is 23.9 Å². The first-order chi connectivity index (χ1) is 8.86. The third-order valence-electron chi connectivity index (χ3n) is 2.73. The average Bonchev–Trinajstić information content (AvgIpc) is 2.45. The van der Waals surface area contributed by atoms with Gasteiger partial charge in [0.05, 0.1) is 6.54 Å². The topological polar surface area (TPSA) is 66.5 Å². The van der Waals surface area contributed by atoms with Crippen LogP contribution in [0.2, 0.25) is 0 Å². The number of rotatable bonds is 4. The highest BCUT2D eigenvalue weighted by atomic mass is 127. The van der Waals surface area contributed by atoms with E-state index in [-0.39, 0.29) is 24.0 Å². The smallest absolute Gasteiger partial charge is 0.191 e. The van der Waals surface area contributed by atoms with Crippen LogP contribution in [-0.4, -0.2) is 53.5 Å². The molecule has 0 atom stereocenters. The molecule has 1 saturated heterocycles. The fourth-order valence-corrected chi connectivity index (χ4v) is 2.64. The van der Waals surface area contributed by atoms with Gasteiger partial charge < -0.3 is 16.0 Å². The number of nitrogens with two attached hydrogens (primary N) is 1. The van der Waals surface area contributed by atoms with Crippen LogP contribution in [0.5, 0.6) is 0 Å². The van der Waals surface area contributed by atoms with Crippen LogP contribution in [-0.2, 0) is 0 Å². The highest BCUT2D eigenvalue weighted by molar-refractivity contribution is 14.0. The van der Waals surface area contributed by atoms with Gasteiger partial charge >= 0.3 is 0 Å². The van der Waals surface area contributed by atoms with E-state index in [9.17, 15) is 0 Å². The molecule has 2 heterocycles. The monoisotopic (exact) mass is 393 g/mol. The molecule has 0 aliphatic carbocycles. The Balaban J connectivity index is 0.00000180. The first kappa shape index (κ1) is 16.4. The third kappa shape index (κ3) is 5.85. The highest BCUT2D eigenvalue weighted by Crippen LogP contribution is 2.08. The molecule has 1 aromatic heterocycles. The quantitative estimate of drug-likeness (QED) is 0.351. The Labute approximate surface area is 135 Å². The first-order valence-corrected chi connectivity index (χ1v) is 7.28. The van der Waals surface area contributed by atoms with Crippen LogP contribution in [0, 0.1) is 0 Å². The second kappa shape index (κ2) is 9.24. The number of anilines is 1. The average molecular weight is 393 g/mol. The molecule has 1 aliphatic rings. The summed E-state index contributed by atoms with van der Waals surface area (Å²) in [7, 11) is 0. The molecule has 1 fully saturated rings. The van der Waals surface area contributed by atoms with Gasteiger partial charge in [-0.25, -0.2) is 0 Å². The van der Waals surface area contributed by atoms with Crippen molar-refractivity contribution in [3.05, 3.63) is 24.5 Å². The number of nitrogens with one attached hydrogen (secondary N) is 1. The summed E-state index contributed by atoms with van der Waals surface area (Å²) in [5, 5.41) is 3.28. The number of guanidine groups is 1. The molecule has 7 heteroatoms. The van der Waals surface area contributed by atoms with Gasteiger partial charge in [0.2, 0.25) is 0 Å². The van der Waals surface area contributed by atoms with E-state index in [1.165, 1.54) is 0 Å². The number of thioether (sulfide) groups is 1. The lowest BCUT2D eigenvalue weighted by Gasteiger charge is -2.27. The number of hydrogen-bond donors (Lipinski definition) is 2. The van der Waals surface area contributed by atoms with Crippen LogP contribution in [0.25, 0.3) is 0 Å². The minimum atomic E-state index is 0. The molecule has 1 aromatic rings. The molecular weight excluding hydrogens is 373 g/mol. The van der Waals surface area contributed by atoms with E-state index in [0.717, 1.165) is 36.8 Å². The molecule has 0 spiro atoms. The van der Waals surface area contributed by atoms with Crippen molar-refractivity contribution < 1.29 is 0 Å². The molecule has 3 N–H and O–H groups in total. The Bertz CT molecular complexity index is 381. The number of pyridine rings is 1. The number of aliphatic imine (C=N–C) groups is 1. The zero-order chi connectivity index (χ0) is 12.6. The van der Waals surface area contributed by atoms with Crippen LogP contribution in [0.15, 0.2) is 29.5 Å². The van der Waals surface area contributed by atoms with E-state index >= 15 is 0 Å². The molecule has 0 bridgehead atoms. The van der Waals surface area contributed by atoms with Crippen LogP contribution in [0.3, 0.4) is 0 Å². The molecule has 0 aromatic carbocycles. The van der Waals surface area contributed by atoms with Crippen molar-refractivity contribution >= 4 is 47.4 Å². The molecular formula is C12H20IN5S. The number of nitrogens with zero attached hydrogens (tertiary/aromatic N) is 3. The molecule has 0 amide bonds. The minimum Gasteiger partial charge on any atom is -0.383 e. The van der Waals surface area contributed by atoms with Gasteiger partial charge in [-0.1, -0.05) is 0 Å². The van der Waals surface area contributed by atoms with Gasteiger partial charge in [0.15, 0.2) is 5.96 Å². The highest BCUT2D eigenvalue weighted by Gasteiger charge is 2.11. The Kier molecular flexibility index (Phi) is 7.96.